The molecule has 0 spiro atoms. The quantitative estimate of drug-likeness (QED) is 0.789. The van der Waals surface area contributed by atoms with E-state index in [0.29, 0.717) is 20.6 Å². The Balaban J connectivity index is 2.23. The first-order valence-electron chi connectivity index (χ1n) is 5.77. The molecule has 0 bridgehead atoms. The lowest BCUT2D eigenvalue weighted by molar-refractivity contribution is 0.0995. The lowest BCUT2D eigenvalue weighted by atomic mass is 10.0. The molecule has 1 heterocycles. The second kappa shape index (κ2) is 5.88. The molecule has 6 heteroatoms. The fourth-order valence-corrected chi connectivity index (χ4v) is 3.01. The van der Waals surface area contributed by atoms with Crippen LogP contribution >= 0.6 is 27.5 Å². The number of ketones is 1. The van der Waals surface area contributed by atoms with E-state index in [4.69, 9.17) is 0 Å². The van der Waals surface area contributed by atoms with Crippen molar-refractivity contribution in [3.63, 3.8) is 0 Å². The number of rotatable bonds is 4. The van der Waals surface area contributed by atoms with E-state index in [0.717, 1.165) is 11.5 Å². The van der Waals surface area contributed by atoms with Gasteiger partial charge in [0.2, 0.25) is 0 Å². The Hall–Kier alpha value is -1.14. The van der Waals surface area contributed by atoms with Gasteiger partial charge in [-0.1, -0.05) is 34.3 Å². The predicted octanol–water partition coefficient (Wildman–Crippen LogP) is 3.99. The van der Waals surface area contributed by atoms with Crippen molar-refractivity contribution in [3.05, 3.63) is 44.6 Å². The number of nitrogens with zero attached hydrogens (tertiary/aromatic N) is 2. The Kier molecular flexibility index (Phi) is 4.42. The Bertz CT molecular complexity index is 592. The molecule has 0 N–H and O–H groups in total. The van der Waals surface area contributed by atoms with Crippen LogP contribution in [0.5, 0.6) is 0 Å². The van der Waals surface area contributed by atoms with Gasteiger partial charge >= 0.3 is 0 Å². The molecule has 0 unspecified atom stereocenters. The summed E-state index contributed by atoms with van der Waals surface area (Å²) in [6.45, 7) is 3.93. The van der Waals surface area contributed by atoms with Gasteiger partial charge in [0, 0.05) is 10.9 Å². The van der Waals surface area contributed by atoms with E-state index in [2.05, 4.69) is 25.5 Å². The van der Waals surface area contributed by atoms with Crippen molar-refractivity contribution in [2.75, 3.05) is 0 Å². The Labute approximate surface area is 123 Å². The molecule has 1 aromatic heterocycles. The van der Waals surface area contributed by atoms with Gasteiger partial charge < -0.3 is 0 Å². The van der Waals surface area contributed by atoms with Gasteiger partial charge in [-0.15, -0.1) is 5.10 Å². The first-order chi connectivity index (χ1) is 8.97. The number of aromatic nitrogens is 2. The van der Waals surface area contributed by atoms with Crippen molar-refractivity contribution in [3.8, 4) is 0 Å². The van der Waals surface area contributed by atoms with Crippen LogP contribution in [0.3, 0.4) is 0 Å². The van der Waals surface area contributed by atoms with Crippen molar-refractivity contribution in [2.45, 2.75) is 26.2 Å². The van der Waals surface area contributed by atoms with Crippen LogP contribution in [0.25, 0.3) is 0 Å². The molecule has 0 fully saturated rings. The first-order valence-corrected chi connectivity index (χ1v) is 7.34. The molecule has 3 nitrogen and oxygen atoms in total. The molecule has 0 aliphatic rings. The van der Waals surface area contributed by atoms with Crippen molar-refractivity contribution in [1.29, 1.82) is 0 Å². The normalized spacial score (nSPS) is 11.0. The fourth-order valence-electron chi connectivity index (χ4n) is 1.75. The predicted molar refractivity (Wildman–Crippen MR) is 76.1 cm³/mol. The minimum Gasteiger partial charge on any atom is -0.293 e. The van der Waals surface area contributed by atoms with Gasteiger partial charge in [0.05, 0.1) is 5.69 Å². The molecule has 0 aliphatic heterocycles. The highest BCUT2D eigenvalue weighted by molar-refractivity contribution is 9.10. The second-order valence-electron chi connectivity index (χ2n) is 4.52. The molecule has 0 atom stereocenters. The van der Waals surface area contributed by atoms with Crippen LogP contribution in [0.1, 0.15) is 40.7 Å². The molecule has 1 aromatic carbocycles. The maximum atomic E-state index is 13.3. The maximum absolute atomic E-state index is 13.3. The standard InChI is InChI=1S/C13H12BrFN2OS/c1-7(2)12-13(19-17-16-12)11(18)5-8-3-9(14)6-10(15)4-8/h3-4,6-7H,5H2,1-2H3. The zero-order chi connectivity index (χ0) is 14.0. The van der Waals surface area contributed by atoms with Crippen LogP contribution in [0.2, 0.25) is 0 Å². The first kappa shape index (κ1) is 14.3. The van der Waals surface area contributed by atoms with Crippen LogP contribution < -0.4 is 0 Å². The molecule has 2 rings (SSSR count). The van der Waals surface area contributed by atoms with Crippen molar-refractivity contribution in [2.24, 2.45) is 0 Å². The van der Waals surface area contributed by atoms with E-state index in [9.17, 15) is 9.18 Å². The molecule has 2 aromatic rings. The topological polar surface area (TPSA) is 42.9 Å². The van der Waals surface area contributed by atoms with Gasteiger partial charge in [-0.25, -0.2) is 4.39 Å². The number of hydrogen-bond acceptors (Lipinski definition) is 4. The van der Waals surface area contributed by atoms with Gasteiger partial charge in [-0.3, -0.25) is 4.79 Å². The summed E-state index contributed by atoms with van der Waals surface area (Å²) in [4.78, 5) is 12.8. The highest BCUT2D eigenvalue weighted by atomic mass is 79.9. The highest BCUT2D eigenvalue weighted by Gasteiger charge is 2.19. The minimum atomic E-state index is -0.358. The molecule has 100 valence electrons. The highest BCUT2D eigenvalue weighted by Crippen LogP contribution is 2.22. The third-order valence-electron chi connectivity index (χ3n) is 2.60. The zero-order valence-electron chi connectivity index (χ0n) is 10.5. The van der Waals surface area contributed by atoms with Crippen molar-refractivity contribution >= 4 is 33.2 Å². The minimum absolute atomic E-state index is 0.0730. The molecular formula is C13H12BrFN2OS. The van der Waals surface area contributed by atoms with Gasteiger partial charge in [0.15, 0.2) is 5.78 Å². The summed E-state index contributed by atoms with van der Waals surface area (Å²) >= 11 is 4.31. The Morgan fingerprint density at radius 1 is 1.42 bits per heavy atom. The third-order valence-corrected chi connectivity index (χ3v) is 3.84. The average molecular weight is 343 g/mol. The number of halogens is 2. The van der Waals surface area contributed by atoms with E-state index in [-0.39, 0.29) is 23.9 Å². The molecular weight excluding hydrogens is 331 g/mol. The van der Waals surface area contributed by atoms with E-state index in [1.807, 2.05) is 13.8 Å². The molecule has 0 saturated carbocycles. The summed E-state index contributed by atoms with van der Waals surface area (Å²) in [6.07, 6.45) is 0.153. The SMILES string of the molecule is CC(C)c1nnsc1C(=O)Cc1cc(F)cc(Br)c1. The van der Waals surface area contributed by atoms with Gasteiger partial charge in [0.1, 0.15) is 10.7 Å². The van der Waals surface area contributed by atoms with Gasteiger partial charge in [0.25, 0.3) is 0 Å². The van der Waals surface area contributed by atoms with E-state index in [1.54, 1.807) is 6.07 Å². The zero-order valence-corrected chi connectivity index (χ0v) is 12.9. The Morgan fingerprint density at radius 2 is 2.16 bits per heavy atom. The summed E-state index contributed by atoms with van der Waals surface area (Å²) in [5.41, 5.74) is 1.35. The molecule has 0 radical (unpaired) electrons. The van der Waals surface area contributed by atoms with Gasteiger partial charge in [-0.05, 0) is 41.2 Å². The summed E-state index contributed by atoms with van der Waals surface area (Å²) in [5, 5.41) is 3.98. The smallest absolute Gasteiger partial charge is 0.180 e. The fraction of sp³-hybridized carbons (Fsp3) is 0.308. The van der Waals surface area contributed by atoms with Crippen LogP contribution in [0.15, 0.2) is 22.7 Å². The third kappa shape index (κ3) is 3.45. The average Bonchev–Trinajstić information content (AvgIpc) is 2.75. The number of Topliss-reactive ketones (excluding diaryl/α,β-unsaturated/α-hetero) is 1. The molecule has 0 amide bonds. The lowest BCUT2D eigenvalue weighted by Gasteiger charge is -2.04. The van der Waals surface area contributed by atoms with Crippen LogP contribution in [-0.2, 0) is 6.42 Å². The van der Waals surface area contributed by atoms with Crippen LogP contribution in [0, 0.1) is 5.82 Å². The van der Waals surface area contributed by atoms with Gasteiger partial charge in [-0.2, -0.15) is 0 Å². The summed E-state index contributed by atoms with van der Waals surface area (Å²) < 4.78 is 17.7. The number of carbonyl (C=O) groups is 1. The molecule has 19 heavy (non-hydrogen) atoms. The summed E-state index contributed by atoms with van der Waals surface area (Å²) in [7, 11) is 0. The summed E-state index contributed by atoms with van der Waals surface area (Å²) in [5.74, 6) is -0.281. The Morgan fingerprint density at radius 3 is 2.79 bits per heavy atom. The second-order valence-corrected chi connectivity index (χ2v) is 6.19. The van der Waals surface area contributed by atoms with E-state index >= 15 is 0 Å². The van der Waals surface area contributed by atoms with Crippen LogP contribution in [0.4, 0.5) is 4.39 Å². The largest absolute Gasteiger partial charge is 0.293 e. The number of carbonyl (C=O) groups excluding carboxylic acids is 1. The van der Waals surface area contributed by atoms with E-state index in [1.165, 1.54) is 12.1 Å². The van der Waals surface area contributed by atoms with Crippen molar-refractivity contribution in [1.82, 2.24) is 9.59 Å². The molecule has 0 aliphatic carbocycles. The summed E-state index contributed by atoms with van der Waals surface area (Å²) in [6, 6.07) is 4.47. The van der Waals surface area contributed by atoms with Crippen molar-refractivity contribution < 1.29 is 9.18 Å². The maximum Gasteiger partial charge on any atom is 0.180 e. The number of benzene rings is 1. The number of hydrogen-bond donors (Lipinski definition) is 0. The van der Waals surface area contributed by atoms with E-state index < -0.39 is 0 Å². The van der Waals surface area contributed by atoms with Crippen LogP contribution in [-0.4, -0.2) is 15.4 Å². The molecule has 0 saturated heterocycles. The lowest BCUT2D eigenvalue weighted by Crippen LogP contribution is -2.06. The monoisotopic (exact) mass is 342 g/mol.